The minimum atomic E-state index is -0.501. The van der Waals surface area contributed by atoms with Gasteiger partial charge in [0, 0.05) is 19.5 Å². The summed E-state index contributed by atoms with van der Waals surface area (Å²) in [5.41, 5.74) is 2.28. The van der Waals surface area contributed by atoms with E-state index in [1.54, 1.807) is 0 Å². The molecule has 0 unspecified atom stereocenters. The quantitative estimate of drug-likeness (QED) is 0.945. The zero-order valence-electron chi connectivity index (χ0n) is 13.8. The molecule has 0 aliphatic rings. The Balaban J connectivity index is 2.16. The van der Waals surface area contributed by atoms with Crippen LogP contribution in [0.4, 0.5) is 10.5 Å². The Bertz CT molecular complexity index is 675. The highest BCUT2D eigenvalue weighted by Gasteiger charge is 2.16. The molecular weight excluding hydrogens is 278 g/mol. The normalized spacial score (nSPS) is 11.3. The van der Waals surface area contributed by atoms with Crippen LogP contribution < -0.4 is 10.2 Å². The van der Waals surface area contributed by atoms with Crippen molar-refractivity contribution in [3.8, 4) is 0 Å². The predicted molar refractivity (Wildman–Crippen MR) is 89.1 cm³/mol. The van der Waals surface area contributed by atoms with E-state index in [2.05, 4.69) is 10.3 Å². The van der Waals surface area contributed by atoms with E-state index in [-0.39, 0.29) is 0 Å². The van der Waals surface area contributed by atoms with E-state index in [0.29, 0.717) is 6.54 Å². The van der Waals surface area contributed by atoms with Gasteiger partial charge in [-0.3, -0.25) is 0 Å². The minimum absolute atomic E-state index is 0.340. The maximum atomic E-state index is 11.7. The van der Waals surface area contributed by atoms with Crippen molar-refractivity contribution in [3.05, 3.63) is 36.0 Å². The van der Waals surface area contributed by atoms with Gasteiger partial charge in [-0.2, -0.15) is 0 Å². The van der Waals surface area contributed by atoms with Crippen LogP contribution in [0.3, 0.4) is 0 Å². The van der Waals surface area contributed by atoms with Gasteiger partial charge in [0.1, 0.15) is 5.60 Å². The second kappa shape index (κ2) is 6.22. The first-order valence-corrected chi connectivity index (χ1v) is 7.29. The molecule has 0 aliphatic heterocycles. The average molecular weight is 301 g/mol. The molecule has 2 rings (SSSR count). The number of hydrogen-bond donors (Lipinski definition) is 1. The lowest BCUT2D eigenvalue weighted by Crippen LogP contribution is -2.32. The number of alkyl carbamates (subject to hydrolysis) is 1. The van der Waals surface area contributed by atoms with Crippen LogP contribution in [0, 0.1) is 0 Å². The number of amides is 1. The number of nitrogens with one attached hydrogen (secondary N) is 1. The highest BCUT2D eigenvalue weighted by molar-refractivity contribution is 5.90. The van der Waals surface area contributed by atoms with E-state index in [0.717, 1.165) is 22.3 Å². The Morgan fingerprint density at radius 1 is 1.23 bits per heavy atom. The van der Waals surface area contributed by atoms with Gasteiger partial charge in [-0.05, 0) is 32.9 Å². The van der Waals surface area contributed by atoms with E-state index < -0.39 is 11.7 Å². The molecule has 0 atom stereocenters. The number of fused-ring (bicyclic) bond motifs is 1. The largest absolute Gasteiger partial charge is 0.444 e. The lowest BCUT2D eigenvalue weighted by molar-refractivity contribution is 0.0523. The lowest BCUT2D eigenvalue weighted by atomic mass is 10.1. The topological polar surface area (TPSA) is 54.5 Å². The van der Waals surface area contributed by atoms with Gasteiger partial charge in [0.2, 0.25) is 0 Å². The SMILES string of the molecule is CN(C)c1cccc2ccc(CNC(=O)OC(C)(C)C)nc12. The van der Waals surface area contributed by atoms with E-state index in [4.69, 9.17) is 4.74 Å². The maximum Gasteiger partial charge on any atom is 0.407 e. The van der Waals surface area contributed by atoms with Gasteiger partial charge >= 0.3 is 6.09 Å². The molecule has 1 aromatic heterocycles. The summed E-state index contributed by atoms with van der Waals surface area (Å²) in [7, 11) is 3.98. The van der Waals surface area contributed by atoms with Crippen LogP contribution in [0.1, 0.15) is 26.5 Å². The molecule has 1 N–H and O–H groups in total. The monoisotopic (exact) mass is 301 g/mol. The fraction of sp³-hybridized carbons (Fsp3) is 0.412. The Morgan fingerprint density at radius 3 is 2.59 bits per heavy atom. The summed E-state index contributed by atoms with van der Waals surface area (Å²) >= 11 is 0. The first-order valence-electron chi connectivity index (χ1n) is 7.29. The molecule has 22 heavy (non-hydrogen) atoms. The van der Waals surface area contributed by atoms with Crippen LogP contribution in [-0.4, -0.2) is 30.8 Å². The number of pyridine rings is 1. The third-order valence-corrected chi connectivity index (χ3v) is 3.05. The molecule has 0 saturated carbocycles. The third-order valence-electron chi connectivity index (χ3n) is 3.05. The van der Waals surface area contributed by atoms with Crippen LogP contribution in [-0.2, 0) is 11.3 Å². The fourth-order valence-corrected chi connectivity index (χ4v) is 2.11. The Kier molecular flexibility index (Phi) is 4.54. The highest BCUT2D eigenvalue weighted by atomic mass is 16.6. The first-order chi connectivity index (χ1) is 10.3. The summed E-state index contributed by atoms with van der Waals surface area (Å²) in [4.78, 5) is 18.4. The predicted octanol–water partition coefficient (Wildman–Crippen LogP) is 3.33. The van der Waals surface area contributed by atoms with Gasteiger partial charge in [-0.15, -0.1) is 0 Å². The molecule has 1 amide bonds. The molecule has 1 aromatic carbocycles. The Labute approximate surface area is 131 Å². The van der Waals surface area contributed by atoms with Crippen LogP contribution >= 0.6 is 0 Å². The van der Waals surface area contributed by atoms with Gasteiger partial charge in [0.25, 0.3) is 0 Å². The maximum absolute atomic E-state index is 11.7. The zero-order valence-corrected chi connectivity index (χ0v) is 13.8. The van der Waals surface area contributed by atoms with Crippen molar-refractivity contribution in [3.63, 3.8) is 0 Å². The number of aromatic nitrogens is 1. The summed E-state index contributed by atoms with van der Waals surface area (Å²) in [5, 5.41) is 3.81. The van der Waals surface area contributed by atoms with Crippen molar-refractivity contribution in [2.24, 2.45) is 0 Å². The van der Waals surface area contributed by atoms with Crippen molar-refractivity contribution in [2.75, 3.05) is 19.0 Å². The summed E-state index contributed by atoms with van der Waals surface area (Å²) in [6.45, 7) is 5.85. The third kappa shape index (κ3) is 4.10. The molecule has 118 valence electrons. The van der Waals surface area contributed by atoms with Crippen LogP contribution in [0.2, 0.25) is 0 Å². The number of rotatable bonds is 3. The smallest absolute Gasteiger partial charge is 0.407 e. The van der Waals surface area contributed by atoms with Crippen molar-refractivity contribution >= 4 is 22.7 Å². The van der Waals surface area contributed by atoms with Crippen molar-refractivity contribution in [1.82, 2.24) is 10.3 Å². The van der Waals surface area contributed by atoms with Gasteiger partial charge in [0.05, 0.1) is 23.4 Å². The number of para-hydroxylation sites is 1. The zero-order chi connectivity index (χ0) is 16.3. The molecule has 0 spiro atoms. The molecule has 2 aromatic rings. The molecule has 0 bridgehead atoms. The first kappa shape index (κ1) is 16.1. The van der Waals surface area contributed by atoms with E-state index in [9.17, 15) is 4.79 Å². The average Bonchev–Trinajstić information content (AvgIpc) is 2.42. The van der Waals surface area contributed by atoms with E-state index in [1.165, 1.54) is 0 Å². The minimum Gasteiger partial charge on any atom is -0.444 e. The molecule has 0 fully saturated rings. The molecule has 0 radical (unpaired) electrons. The molecular formula is C17H23N3O2. The van der Waals surface area contributed by atoms with Gasteiger partial charge in [-0.1, -0.05) is 18.2 Å². The van der Waals surface area contributed by atoms with Crippen LogP contribution in [0.25, 0.3) is 10.9 Å². The molecule has 0 aliphatic carbocycles. The van der Waals surface area contributed by atoms with Crippen molar-refractivity contribution in [1.29, 1.82) is 0 Å². The molecule has 1 heterocycles. The van der Waals surface area contributed by atoms with Crippen LogP contribution in [0.5, 0.6) is 0 Å². The number of carbonyl (C=O) groups is 1. The molecule has 0 saturated heterocycles. The lowest BCUT2D eigenvalue weighted by Gasteiger charge is -2.19. The number of ether oxygens (including phenoxy) is 1. The number of nitrogens with zero attached hydrogens (tertiary/aromatic N) is 2. The number of anilines is 1. The fourth-order valence-electron chi connectivity index (χ4n) is 2.11. The number of carbonyl (C=O) groups excluding carboxylic acids is 1. The highest BCUT2D eigenvalue weighted by Crippen LogP contribution is 2.23. The van der Waals surface area contributed by atoms with Crippen molar-refractivity contribution < 1.29 is 9.53 Å². The second-order valence-corrected chi connectivity index (χ2v) is 6.40. The summed E-state index contributed by atoms with van der Waals surface area (Å²) in [6, 6.07) is 10.00. The molecule has 5 nitrogen and oxygen atoms in total. The number of benzene rings is 1. The molecule has 5 heteroatoms. The Morgan fingerprint density at radius 2 is 1.95 bits per heavy atom. The second-order valence-electron chi connectivity index (χ2n) is 6.40. The summed E-state index contributed by atoms with van der Waals surface area (Å²) < 4.78 is 5.22. The van der Waals surface area contributed by atoms with E-state index >= 15 is 0 Å². The van der Waals surface area contributed by atoms with E-state index in [1.807, 2.05) is 70.1 Å². The van der Waals surface area contributed by atoms with Gasteiger partial charge < -0.3 is 15.0 Å². The number of hydrogen-bond acceptors (Lipinski definition) is 4. The Hall–Kier alpha value is -2.30. The van der Waals surface area contributed by atoms with Gasteiger partial charge in [-0.25, -0.2) is 9.78 Å². The van der Waals surface area contributed by atoms with Crippen molar-refractivity contribution in [2.45, 2.75) is 32.9 Å². The van der Waals surface area contributed by atoms with Crippen LogP contribution in [0.15, 0.2) is 30.3 Å². The van der Waals surface area contributed by atoms with Gasteiger partial charge in [0.15, 0.2) is 0 Å². The summed E-state index contributed by atoms with van der Waals surface area (Å²) in [6.07, 6.45) is -0.435. The standard InChI is InChI=1S/C17H23N3O2/c1-17(2,3)22-16(21)18-11-13-10-9-12-7-6-8-14(20(4)5)15(12)19-13/h6-10H,11H2,1-5H3,(H,18,21). The summed E-state index contributed by atoms with van der Waals surface area (Å²) in [5.74, 6) is 0.